The number of anilines is 6. The highest BCUT2D eigenvalue weighted by molar-refractivity contribution is 7.28. The Bertz CT molecular complexity index is 5430. The van der Waals surface area contributed by atoms with Crippen LogP contribution in [0.3, 0.4) is 0 Å². The van der Waals surface area contributed by atoms with Gasteiger partial charge in [-0.3, -0.25) is 0 Å². The third kappa shape index (κ3) is 6.55. The molecule has 2 aliphatic carbocycles. The molecule has 0 saturated heterocycles. The molecular weight excluding hydrogens is 1090 g/mol. The lowest BCUT2D eigenvalue weighted by atomic mass is 9.81. The molecule has 5 heterocycles. The molecule has 402 valence electrons. The van der Waals surface area contributed by atoms with Gasteiger partial charge in [-0.2, -0.15) is 0 Å². The SMILES string of the molecule is CC1(C)c2ccccc2-c2cccc(N(c3ccc4c(c3)sc3cc5c(cc34)sc3cc4c(cc35)sc3cc(N(c5cccc6c5C(C)(C)c5ccccc5-6)c5cccc6c5oc5ccccc56)ccc34)c3cccc4c3oc3ccccc34)c21. The van der Waals surface area contributed by atoms with Gasteiger partial charge >= 0.3 is 0 Å². The smallest absolute Gasteiger partial charge is 0.159 e. The summed E-state index contributed by atoms with van der Waals surface area (Å²) in [6.45, 7) is 9.51. The van der Waals surface area contributed by atoms with E-state index in [4.69, 9.17) is 8.83 Å². The van der Waals surface area contributed by atoms with E-state index in [9.17, 15) is 0 Å². The van der Waals surface area contributed by atoms with E-state index in [1.54, 1.807) is 0 Å². The number of hydrogen-bond acceptors (Lipinski definition) is 7. The first-order valence-corrected chi connectivity index (χ1v) is 31.7. The molecule has 4 nitrogen and oxygen atoms in total. The predicted octanol–water partition coefficient (Wildman–Crippen LogP) is 24.1. The normalized spacial score (nSPS) is 14.1. The van der Waals surface area contributed by atoms with E-state index in [2.05, 4.69) is 268 Å². The van der Waals surface area contributed by atoms with Crippen molar-refractivity contribution in [2.75, 3.05) is 9.80 Å². The van der Waals surface area contributed by atoms with Gasteiger partial charge in [-0.25, -0.2) is 0 Å². The predicted molar refractivity (Wildman–Crippen MR) is 364 cm³/mol. The van der Waals surface area contributed by atoms with E-state index in [-0.39, 0.29) is 10.8 Å². The number of rotatable bonds is 6. The van der Waals surface area contributed by atoms with Crippen molar-refractivity contribution < 1.29 is 8.83 Å². The van der Waals surface area contributed by atoms with Gasteiger partial charge in [0.25, 0.3) is 0 Å². The molecule has 7 heteroatoms. The largest absolute Gasteiger partial charge is 0.454 e. The average Bonchev–Trinajstić information content (AvgIpc) is 2.99. The van der Waals surface area contributed by atoms with E-state index in [1.807, 2.05) is 34.0 Å². The van der Waals surface area contributed by atoms with Gasteiger partial charge in [-0.15, -0.1) is 34.0 Å². The fourth-order valence-corrected chi connectivity index (χ4v) is 18.7. The van der Waals surface area contributed by atoms with Crippen molar-refractivity contribution >= 4 is 173 Å². The Morgan fingerprint density at radius 2 is 0.624 bits per heavy atom. The second-order valence-corrected chi connectivity index (χ2v) is 27.5. The van der Waals surface area contributed by atoms with Crippen molar-refractivity contribution in [3.8, 4) is 22.3 Å². The molecule has 0 radical (unpaired) electrons. The van der Waals surface area contributed by atoms with Crippen LogP contribution in [-0.4, -0.2) is 0 Å². The Kier molecular flexibility index (Phi) is 9.63. The first-order chi connectivity index (χ1) is 41.6. The van der Waals surface area contributed by atoms with Crippen molar-refractivity contribution in [1.29, 1.82) is 0 Å². The first kappa shape index (κ1) is 47.9. The highest BCUT2D eigenvalue weighted by Crippen LogP contribution is 2.58. The number of fused-ring (bicyclic) bond motifs is 21. The van der Waals surface area contributed by atoms with E-state index in [0.29, 0.717) is 0 Å². The van der Waals surface area contributed by atoms with E-state index in [0.717, 1.165) is 78.0 Å². The second kappa shape index (κ2) is 17.1. The Morgan fingerprint density at radius 3 is 1.07 bits per heavy atom. The molecule has 0 amide bonds. The van der Waals surface area contributed by atoms with Crippen molar-refractivity contribution in [3.63, 3.8) is 0 Å². The third-order valence-corrected chi connectivity index (χ3v) is 22.3. The summed E-state index contributed by atoms with van der Waals surface area (Å²) in [5.41, 5.74) is 20.2. The third-order valence-electron chi connectivity index (χ3n) is 19.0. The summed E-state index contributed by atoms with van der Waals surface area (Å²) in [6, 6.07) is 85.6. The van der Waals surface area contributed by atoms with E-state index >= 15 is 0 Å². The summed E-state index contributed by atoms with van der Waals surface area (Å²) in [7, 11) is 0. The van der Waals surface area contributed by atoms with Crippen molar-refractivity contribution in [2.45, 2.75) is 38.5 Å². The summed E-state index contributed by atoms with van der Waals surface area (Å²) in [5.74, 6) is 0. The monoisotopic (exact) mass is 1140 g/mol. The van der Waals surface area contributed by atoms with Crippen LogP contribution in [-0.2, 0) is 10.8 Å². The minimum atomic E-state index is -0.231. The van der Waals surface area contributed by atoms with Crippen LogP contribution in [0.25, 0.3) is 127 Å². The van der Waals surface area contributed by atoms with Crippen LogP contribution >= 0.6 is 34.0 Å². The molecule has 0 fully saturated rings. The zero-order valence-electron chi connectivity index (χ0n) is 46.9. The molecule has 2 aliphatic rings. The maximum absolute atomic E-state index is 6.85. The number of para-hydroxylation sites is 4. The molecule has 0 N–H and O–H groups in total. The van der Waals surface area contributed by atoms with Gasteiger partial charge in [0, 0.05) is 104 Å². The Hall–Kier alpha value is -9.50. The average molecular weight is 1140 g/mol. The van der Waals surface area contributed by atoms with Gasteiger partial charge in [0.15, 0.2) is 11.2 Å². The fourth-order valence-electron chi connectivity index (χ4n) is 15.2. The van der Waals surface area contributed by atoms with Gasteiger partial charge in [0.05, 0.1) is 22.7 Å². The Labute approximate surface area is 501 Å². The quantitative estimate of drug-likeness (QED) is 0.166. The molecule has 0 bridgehead atoms. The van der Waals surface area contributed by atoms with Gasteiger partial charge in [0.1, 0.15) is 11.2 Å². The maximum atomic E-state index is 6.85. The molecule has 0 saturated carbocycles. The second-order valence-electron chi connectivity index (χ2n) is 24.3. The lowest BCUT2D eigenvalue weighted by Gasteiger charge is -2.32. The molecular formula is C78H50N2O2S3. The molecule has 0 spiro atoms. The molecule has 85 heavy (non-hydrogen) atoms. The molecule has 0 atom stereocenters. The highest BCUT2D eigenvalue weighted by Gasteiger charge is 2.41. The Morgan fingerprint density at radius 1 is 0.282 bits per heavy atom. The summed E-state index contributed by atoms with van der Waals surface area (Å²) >= 11 is 5.69. The maximum Gasteiger partial charge on any atom is 0.159 e. The molecule has 0 aliphatic heterocycles. The van der Waals surface area contributed by atoms with Crippen LogP contribution in [0.15, 0.2) is 239 Å². The van der Waals surface area contributed by atoms with Crippen LogP contribution < -0.4 is 9.80 Å². The zero-order valence-corrected chi connectivity index (χ0v) is 49.3. The lowest BCUT2D eigenvalue weighted by molar-refractivity contribution is 0.659. The van der Waals surface area contributed by atoms with Gasteiger partial charge in [-0.05, 0) is 129 Å². The highest BCUT2D eigenvalue weighted by atomic mass is 32.1. The van der Waals surface area contributed by atoms with Crippen molar-refractivity contribution in [2.24, 2.45) is 0 Å². The van der Waals surface area contributed by atoms with E-state index < -0.39 is 0 Å². The summed E-state index contributed by atoms with van der Waals surface area (Å²) in [6.07, 6.45) is 0. The molecule has 0 unspecified atom stereocenters. The van der Waals surface area contributed by atoms with Crippen LogP contribution in [0.1, 0.15) is 49.9 Å². The zero-order chi connectivity index (χ0) is 56.2. The van der Waals surface area contributed by atoms with Gasteiger partial charge in [-0.1, -0.05) is 173 Å². The van der Waals surface area contributed by atoms with Gasteiger partial charge < -0.3 is 18.6 Å². The molecule has 5 aromatic heterocycles. The first-order valence-electron chi connectivity index (χ1n) is 29.2. The van der Waals surface area contributed by atoms with Crippen LogP contribution in [0.2, 0.25) is 0 Å². The lowest BCUT2D eigenvalue weighted by Crippen LogP contribution is -2.20. The summed E-state index contributed by atoms with van der Waals surface area (Å²) in [5, 5.41) is 12.2. The van der Waals surface area contributed by atoms with Crippen molar-refractivity contribution in [3.05, 3.63) is 253 Å². The molecule has 12 aromatic carbocycles. The number of benzene rings is 12. The van der Waals surface area contributed by atoms with Crippen LogP contribution in [0, 0.1) is 0 Å². The minimum absolute atomic E-state index is 0.231. The molecule has 19 rings (SSSR count). The van der Waals surface area contributed by atoms with Crippen molar-refractivity contribution in [1.82, 2.24) is 0 Å². The topological polar surface area (TPSA) is 32.8 Å². The number of nitrogens with zero attached hydrogens (tertiary/aromatic N) is 2. The standard InChI is InChI=1S/C78H50N2O2S3/c1-77(2)59-25-9-5-17-45(59)51-21-13-27-61(73(51)77)79(63-29-15-23-53-47-19-7-11-31-65(47)81-75(53)63)43-33-35-49-55-39-71-57(41-69(55)83-67(49)37-43)58-42-70-56(40-72(58)85-71)50-36-34-44(38-68(50)84-70)80(64-30-16-24-54-48-20-8-12-32-66(48)82-76(54)64)62-28-14-22-52-46-18-6-10-26-60(46)78(3,4)74(52)62/h5-42H,1-4H3. The van der Waals surface area contributed by atoms with Crippen LogP contribution in [0.5, 0.6) is 0 Å². The fraction of sp³-hybridized carbons (Fsp3) is 0.0769. The van der Waals surface area contributed by atoms with Gasteiger partial charge in [0.2, 0.25) is 0 Å². The molecule has 17 aromatic rings. The number of hydrogen-bond donors (Lipinski definition) is 0. The summed E-state index contributed by atoms with van der Waals surface area (Å²) < 4.78 is 21.4. The van der Waals surface area contributed by atoms with Crippen LogP contribution in [0.4, 0.5) is 34.1 Å². The van der Waals surface area contributed by atoms with E-state index in [1.165, 1.54) is 105 Å². The minimum Gasteiger partial charge on any atom is -0.454 e. The summed E-state index contributed by atoms with van der Waals surface area (Å²) in [4.78, 5) is 4.94. The Balaban J connectivity index is 0.754. The number of thiophene rings is 3. The number of furan rings is 2.